The lowest BCUT2D eigenvalue weighted by Gasteiger charge is -2.24. The quantitative estimate of drug-likeness (QED) is 0.855. The normalized spacial score (nSPS) is 27.5. The van der Waals surface area contributed by atoms with Gasteiger partial charge < -0.3 is 14.0 Å². The number of aliphatic hydroxyl groups is 1. The van der Waals surface area contributed by atoms with E-state index in [9.17, 15) is 5.11 Å². The standard InChI is InChI=1S/C11H17N4O2P3/c16-10-1-7(15(19)9(10)4-17-20)6-3-14(18)8-2-12-5-13-11(6)8/h2-3,5,7,9-10,16H,1,4,18-20H2/t7?,9?,10-/m0/s1. The lowest BCUT2D eigenvalue weighted by Crippen LogP contribution is -2.32. The van der Waals surface area contributed by atoms with Crippen molar-refractivity contribution in [2.75, 3.05) is 6.61 Å². The highest BCUT2D eigenvalue weighted by atomic mass is 31.0. The molecule has 0 saturated carbocycles. The predicted octanol–water partition coefficient (Wildman–Crippen LogP) is 1.14. The van der Waals surface area contributed by atoms with Crippen LogP contribution in [0, 0.1) is 0 Å². The van der Waals surface area contributed by atoms with Gasteiger partial charge in [0.15, 0.2) is 0 Å². The molecule has 1 aliphatic heterocycles. The number of aromatic nitrogens is 3. The van der Waals surface area contributed by atoms with Crippen molar-refractivity contribution in [1.29, 1.82) is 0 Å². The average Bonchev–Trinajstić information content (AvgIpc) is 2.92. The minimum atomic E-state index is -0.414. The third kappa shape index (κ3) is 2.39. The van der Waals surface area contributed by atoms with Crippen LogP contribution >= 0.6 is 28.2 Å². The molecule has 20 heavy (non-hydrogen) atoms. The Morgan fingerprint density at radius 1 is 1.45 bits per heavy atom. The van der Waals surface area contributed by atoms with Gasteiger partial charge in [-0.1, -0.05) is 9.39 Å². The van der Waals surface area contributed by atoms with Crippen LogP contribution in [0.25, 0.3) is 11.0 Å². The van der Waals surface area contributed by atoms with Gasteiger partial charge in [-0.2, -0.15) is 0 Å². The van der Waals surface area contributed by atoms with Gasteiger partial charge in [0.2, 0.25) is 0 Å². The zero-order valence-electron chi connectivity index (χ0n) is 10.8. The fourth-order valence-corrected chi connectivity index (χ4v) is 3.89. The van der Waals surface area contributed by atoms with Crippen molar-refractivity contribution >= 4 is 39.3 Å². The zero-order valence-corrected chi connectivity index (χ0v) is 14.2. The van der Waals surface area contributed by atoms with Gasteiger partial charge in [0.25, 0.3) is 0 Å². The molecule has 1 fully saturated rings. The Labute approximate surface area is 124 Å². The molecule has 0 radical (unpaired) electrons. The fourth-order valence-electron chi connectivity index (χ4n) is 2.78. The van der Waals surface area contributed by atoms with Crippen LogP contribution in [0.15, 0.2) is 18.7 Å². The number of hydrogen-bond donors (Lipinski definition) is 1. The van der Waals surface area contributed by atoms with Crippen LogP contribution in [0.4, 0.5) is 0 Å². The fraction of sp³-hybridized carbons (Fsp3) is 0.455. The van der Waals surface area contributed by atoms with Crippen LogP contribution < -0.4 is 0 Å². The summed E-state index contributed by atoms with van der Waals surface area (Å²) in [5.74, 6) is 0. The van der Waals surface area contributed by atoms with Gasteiger partial charge in [-0.15, -0.1) is 0 Å². The third-order valence-electron chi connectivity index (χ3n) is 3.80. The molecule has 9 heteroatoms. The zero-order chi connectivity index (χ0) is 14.3. The molecular weight excluding hydrogens is 313 g/mol. The summed E-state index contributed by atoms with van der Waals surface area (Å²) in [5.41, 5.74) is 2.98. The average molecular weight is 330 g/mol. The van der Waals surface area contributed by atoms with Crippen molar-refractivity contribution in [2.24, 2.45) is 0 Å². The van der Waals surface area contributed by atoms with E-state index in [1.165, 1.54) is 0 Å². The largest absolute Gasteiger partial charge is 0.391 e. The molecule has 1 aliphatic rings. The van der Waals surface area contributed by atoms with E-state index in [-0.39, 0.29) is 12.1 Å². The molecule has 1 saturated heterocycles. The topological polar surface area (TPSA) is 63.4 Å². The second-order valence-corrected chi connectivity index (χ2v) is 6.40. The molecule has 3 rings (SSSR count). The van der Waals surface area contributed by atoms with Gasteiger partial charge in [-0.3, -0.25) is 4.67 Å². The smallest absolute Gasteiger partial charge is 0.116 e. The van der Waals surface area contributed by atoms with Gasteiger partial charge >= 0.3 is 0 Å². The lowest BCUT2D eigenvalue weighted by atomic mass is 10.1. The first-order chi connectivity index (χ1) is 9.63. The maximum atomic E-state index is 10.2. The number of rotatable bonds is 3. The minimum absolute atomic E-state index is 0.0350. The molecule has 0 bridgehead atoms. The minimum Gasteiger partial charge on any atom is -0.391 e. The molecule has 0 aliphatic carbocycles. The molecule has 0 amide bonds. The monoisotopic (exact) mass is 330 g/mol. The van der Waals surface area contributed by atoms with Crippen molar-refractivity contribution in [3.05, 3.63) is 24.3 Å². The van der Waals surface area contributed by atoms with Crippen molar-refractivity contribution in [3.63, 3.8) is 0 Å². The highest BCUT2D eigenvalue weighted by Crippen LogP contribution is 2.42. The summed E-state index contributed by atoms with van der Waals surface area (Å²) in [6.45, 7) is 0.473. The Bertz CT molecular complexity index is 623. The molecule has 6 nitrogen and oxygen atoms in total. The van der Waals surface area contributed by atoms with Gasteiger partial charge in [-0.25, -0.2) is 9.97 Å². The van der Waals surface area contributed by atoms with E-state index in [0.717, 1.165) is 16.6 Å². The first-order valence-electron chi connectivity index (χ1n) is 6.22. The Morgan fingerprint density at radius 2 is 2.25 bits per heavy atom. The summed E-state index contributed by atoms with van der Waals surface area (Å²) < 4.78 is 9.13. The second kappa shape index (κ2) is 5.88. The van der Waals surface area contributed by atoms with Gasteiger partial charge in [0.05, 0.1) is 36.0 Å². The lowest BCUT2D eigenvalue weighted by molar-refractivity contribution is 0.115. The first kappa shape index (κ1) is 14.7. The summed E-state index contributed by atoms with van der Waals surface area (Å²) >= 11 is 0. The Kier molecular flexibility index (Phi) is 4.33. The number of fused-ring (bicyclic) bond motifs is 1. The first-order valence-corrected chi connectivity index (χ1v) is 7.72. The molecule has 3 heterocycles. The summed E-state index contributed by atoms with van der Waals surface area (Å²) in [6.07, 6.45) is 5.62. The van der Waals surface area contributed by atoms with Crippen molar-refractivity contribution in [1.82, 2.24) is 19.0 Å². The summed E-state index contributed by atoms with van der Waals surface area (Å²) in [7, 11) is 7.58. The van der Waals surface area contributed by atoms with Crippen LogP contribution in [0.5, 0.6) is 0 Å². The summed E-state index contributed by atoms with van der Waals surface area (Å²) in [4.78, 5) is 8.43. The van der Waals surface area contributed by atoms with E-state index < -0.39 is 6.10 Å². The molecule has 5 unspecified atom stereocenters. The van der Waals surface area contributed by atoms with Gasteiger partial charge in [0.1, 0.15) is 6.33 Å². The van der Waals surface area contributed by atoms with E-state index in [0.29, 0.717) is 13.0 Å². The summed E-state index contributed by atoms with van der Waals surface area (Å²) in [5, 5.41) is 10.2. The Balaban J connectivity index is 2.00. The van der Waals surface area contributed by atoms with E-state index in [1.807, 2.05) is 10.5 Å². The highest BCUT2D eigenvalue weighted by molar-refractivity contribution is 7.15. The highest BCUT2D eigenvalue weighted by Gasteiger charge is 2.40. The molecule has 2 aromatic heterocycles. The molecule has 0 aromatic carbocycles. The van der Waals surface area contributed by atoms with Crippen LogP contribution in [-0.4, -0.2) is 42.8 Å². The van der Waals surface area contributed by atoms with E-state index in [1.54, 1.807) is 12.5 Å². The van der Waals surface area contributed by atoms with Crippen molar-refractivity contribution < 1.29 is 9.63 Å². The maximum absolute atomic E-state index is 10.2. The van der Waals surface area contributed by atoms with Crippen molar-refractivity contribution in [2.45, 2.75) is 24.6 Å². The third-order valence-corrected chi connectivity index (χ3v) is 5.16. The van der Waals surface area contributed by atoms with E-state index in [4.69, 9.17) is 4.52 Å². The molecule has 2 aromatic rings. The van der Waals surface area contributed by atoms with E-state index in [2.05, 4.69) is 42.9 Å². The summed E-state index contributed by atoms with van der Waals surface area (Å²) in [6, 6.07) is 0.0617. The number of nitrogens with zero attached hydrogens (tertiary/aromatic N) is 4. The second-order valence-electron chi connectivity index (χ2n) is 4.92. The van der Waals surface area contributed by atoms with Gasteiger partial charge in [-0.05, 0) is 15.8 Å². The number of hydrogen-bond acceptors (Lipinski definition) is 5. The van der Waals surface area contributed by atoms with Crippen LogP contribution in [0.2, 0.25) is 0 Å². The molecule has 108 valence electrons. The van der Waals surface area contributed by atoms with E-state index >= 15 is 0 Å². The van der Waals surface area contributed by atoms with Gasteiger partial charge in [0, 0.05) is 27.3 Å². The molecule has 0 spiro atoms. The predicted molar refractivity (Wildman–Crippen MR) is 87.0 cm³/mol. The Hall–Kier alpha value is -0.210. The van der Waals surface area contributed by atoms with Crippen LogP contribution in [-0.2, 0) is 4.52 Å². The Morgan fingerprint density at radius 3 is 3.00 bits per heavy atom. The SMILES string of the molecule is O[C@H]1CC(c2cn(P)c3cncnc23)N(P)C1COP. The molecular formula is C11H17N4O2P3. The van der Waals surface area contributed by atoms with Crippen molar-refractivity contribution in [3.8, 4) is 0 Å². The molecule has 1 N–H and O–H groups in total. The maximum Gasteiger partial charge on any atom is 0.116 e. The van der Waals surface area contributed by atoms with Crippen LogP contribution in [0.3, 0.4) is 0 Å². The molecule has 6 atom stereocenters. The van der Waals surface area contributed by atoms with Crippen LogP contribution in [0.1, 0.15) is 18.0 Å². The number of aliphatic hydroxyl groups excluding tert-OH is 1.